The first-order valence-corrected chi connectivity index (χ1v) is 8.33. The Labute approximate surface area is 136 Å². The van der Waals surface area contributed by atoms with Crippen molar-refractivity contribution in [1.82, 2.24) is 14.9 Å². The fraction of sp³-hybridized carbons (Fsp3) is 0.421. The predicted octanol–water partition coefficient (Wildman–Crippen LogP) is 3.01. The molecule has 4 rings (SSSR count). The van der Waals surface area contributed by atoms with Crippen molar-refractivity contribution in [1.29, 1.82) is 0 Å². The summed E-state index contributed by atoms with van der Waals surface area (Å²) in [6.07, 6.45) is 2.97. The van der Waals surface area contributed by atoms with Gasteiger partial charge in [-0.25, -0.2) is 9.97 Å². The van der Waals surface area contributed by atoms with E-state index in [-0.39, 0.29) is 5.91 Å². The molecule has 0 unspecified atom stereocenters. The van der Waals surface area contributed by atoms with Crippen LogP contribution in [0.1, 0.15) is 53.1 Å². The number of hydrogen-bond acceptors (Lipinski definition) is 3. The van der Waals surface area contributed by atoms with Crippen molar-refractivity contribution in [2.75, 3.05) is 13.1 Å². The second kappa shape index (κ2) is 5.44. The van der Waals surface area contributed by atoms with Crippen LogP contribution in [0.5, 0.6) is 0 Å². The van der Waals surface area contributed by atoms with Crippen LogP contribution in [0.4, 0.5) is 0 Å². The zero-order valence-electron chi connectivity index (χ0n) is 13.6. The van der Waals surface area contributed by atoms with E-state index in [9.17, 15) is 4.79 Å². The highest BCUT2D eigenvalue weighted by Gasteiger charge is 2.42. The van der Waals surface area contributed by atoms with Crippen LogP contribution < -0.4 is 0 Å². The second-order valence-electron chi connectivity index (χ2n) is 6.93. The number of benzene rings is 1. The van der Waals surface area contributed by atoms with E-state index in [0.29, 0.717) is 17.8 Å². The van der Waals surface area contributed by atoms with Gasteiger partial charge in [0.15, 0.2) is 0 Å². The van der Waals surface area contributed by atoms with Gasteiger partial charge < -0.3 is 4.90 Å². The zero-order chi connectivity index (χ0) is 16.0. The molecule has 1 aromatic heterocycles. The van der Waals surface area contributed by atoms with Gasteiger partial charge in [0.2, 0.25) is 0 Å². The molecular weight excluding hydrogens is 286 g/mol. The molecule has 2 aliphatic rings. The van der Waals surface area contributed by atoms with E-state index in [2.05, 4.69) is 18.8 Å². The van der Waals surface area contributed by atoms with Crippen LogP contribution in [0.15, 0.2) is 36.5 Å². The molecule has 0 bridgehead atoms. The third-order valence-corrected chi connectivity index (χ3v) is 5.04. The van der Waals surface area contributed by atoms with E-state index < -0.39 is 0 Å². The molecule has 23 heavy (non-hydrogen) atoms. The summed E-state index contributed by atoms with van der Waals surface area (Å²) in [4.78, 5) is 23.9. The summed E-state index contributed by atoms with van der Waals surface area (Å²) >= 11 is 0. The molecule has 0 N–H and O–H groups in total. The van der Waals surface area contributed by atoms with Crippen molar-refractivity contribution in [2.45, 2.75) is 32.1 Å². The number of rotatable bonds is 2. The highest BCUT2D eigenvalue weighted by Crippen LogP contribution is 2.42. The summed E-state index contributed by atoms with van der Waals surface area (Å²) in [5.74, 6) is 2.33. The first-order valence-electron chi connectivity index (χ1n) is 8.33. The normalized spacial score (nSPS) is 22.3. The number of nitrogens with zero attached hydrogens (tertiary/aromatic N) is 3. The number of hydrogen-bond donors (Lipinski definition) is 0. The number of amides is 1. The van der Waals surface area contributed by atoms with Crippen LogP contribution in [0.2, 0.25) is 0 Å². The van der Waals surface area contributed by atoms with Gasteiger partial charge in [-0.3, -0.25) is 4.79 Å². The van der Waals surface area contributed by atoms with Crippen LogP contribution in [-0.2, 0) is 6.42 Å². The molecule has 2 atom stereocenters. The largest absolute Gasteiger partial charge is 0.338 e. The lowest BCUT2D eigenvalue weighted by Crippen LogP contribution is -2.29. The summed E-state index contributed by atoms with van der Waals surface area (Å²) in [7, 11) is 0. The molecule has 0 spiro atoms. The summed E-state index contributed by atoms with van der Waals surface area (Å²) in [5.41, 5.74) is 3.23. The third-order valence-electron chi connectivity index (χ3n) is 5.04. The molecule has 1 saturated heterocycles. The zero-order valence-corrected chi connectivity index (χ0v) is 13.6. The smallest absolute Gasteiger partial charge is 0.253 e. The van der Waals surface area contributed by atoms with Crippen LogP contribution in [0, 0.1) is 5.92 Å². The van der Waals surface area contributed by atoms with Gasteiger partial charge in [0, 0.05) is 42.4 Å². The Morgan fingerprint density at radius 2 is 2.00 bits per heavy atom. The molecule has 4 nitrogen and oxygen atoms in total. The minimum absolute atomic E-state index is 0.140. The molecule has 118 valence electrons. The van der Waals surface area contributed by atoms with Gasteiger partial charge in [-0.05, 0) is 30.0 Å². The van der Waals surface area contributed by atoms with Crippen LogP contribution >= 0.6 is 0 Å². The Morgan fingerprint density at radius 1 is 1.22 bits per heavy atom. The summed E-state index contributed by atoms with van der Waals surface area (Å²) in [5, 5.41) is 0. The summed E-state index contributed by atoms with van der Waals surface area (Å²) in [6.45, 7) is 5.86. The average molecular weight is 307 g/mol. The van der Waals surface area contributed by atoms with Crippen molar-refractivity contribution in [3.8, 4) is 0 Å². The fourth-order valence-corrected chi connectivity index (χ4v) is 3.80. The molecule has 1 aromatic carbocycles. The minimum Gasteiger partial charge on any atom is -0.338 e. The van der Waals surface area contributed by atoms with Gasteiger partial charge in [-0.1, -0.05) is 32.0 Å². The fourth-order valence-electron chi connectivity index (χ4n) is 3.80. The molecule has 1 amide bonds. The van der Waals surface area contributed by atoms with E-state index in [0.717, 1.165) is 30.9 Å². The van der Waals surface area contributed by atoms with E-state index in [4.69, 9.17) is 4.98 Å². The van der Waals surface area contributed by atoms with E-state index in [1.54, 1.807) is 0 Å². The first kappa shape index (κ1) is 14.4. The SMILES string of the molecule is CC(C)c1ncc2c(n1)C[C@@H]1CN(C(=O)c3ccccc3)C[C@@H]21. The number of carbonyl (C=O) groups is 1. The molecular formula is C19H21N3O. The Hall–Kier alpha value is -2.23. The maximum Gasteiger partial charge on any atom is 0.253 e. The molecule has 1 fully saturated rings. The van der Waals surface area contributed by atoms with Gasteiger partial charge in [-0.2, -0.15) is 0 Å². The lowest BCUT2D eigenvalue weighted by molar-refractivity contribution is 0.0785. The van der Waals surface area contributed by atoms with E-state index >= 15 is 0 Å². The maximum atomic E-state index is 12.6. The first-order chi connectivity index (χ1) is 11.1. The highest BCUT2D eigenvalue weighted by atomic mass is 16.2. The average Bonchev–Trinajstić information content (AvgIpc) is 3.12. The summed E-state index contributed by atoms with van der Waals surface area (Å²) < 4.78 is 0. The molecule has 1 aliphatic heterocycles. The quantitative estimate of drug-likeness (QED) is 0.857. The van der Waals surface area contributed by atoms with Crippen LogP contribution in [0.25, 0.3) is 0 Å². The standard InChI is InChI=1S/C19H21N3O/c1-12(2)18-20-9-15-16-11-22(10-14(16)8-17(15)21-18)19(23)13-6-4-3-5-7-13/h3-7,9,12,14,16H,8,10-11H2,1-2H3/t14-,16-/m1/s1. The Balaban J connectivity index is 1.55. The predicted molar refractivity (Wildman–Crippen MR) is 88.4 cm³/mol. The minimum atomic E-state index is 0.140. The molecule has 2 aromatic rings. The van der Waals surface area contributed by atoms with E-state index in [1.165, 1.54) is 11.3 Å². The lowest BCUT2D eigenvalue weighted by atomic mass is 9.97. The van der Waals surface area contributed by atoms with Crippen molar-refractivity contribution in [2.24, 2.45) is 5.92 Å². The van der Waals surface area contributed by atoms with Crippen molar-refractivity contribution in [3.63, 3.8) is 0 Å². The number of fused-ring (bicyclic) bond motifs is 3. The van der Waals surface area contributed by atoms with Crippen LogP contribution in [0.3, 0.4) is 0 Å². The molecule has 0 saturated carbocycles. The number of carbonyl (C=O) groups excluding carboxylic acids is 1. The van der Waals surface area contributed by atoms with Crippen molar-refractivity contribution >= 4 is 5.91 Å². The van der Waals surface area contributed by atoms with E-state index in [1.807, 2.05) is 41.4 Å². The van der Waals surface area contributed by atoms with Gasteiger partial charge in [-0.15, -0.1) is 0 Å². The lowest BCUT2D eigenvalue weighted by Gasteiger charge is -2.18. The topological polar surface area (TPSA) is 46.1 Å². The van der Waals surface area contributed by atoms with Crippen molar-refractivity contribution in [3.05, 3.63) is 59.2 Å². The van der Waals surface area contributed by atoms with Gasteiger partial charge in [0.25, 0.3) is 5.91 Å². The molecule has 0 radical (unpaired) electrons. The third kappa shape index (κ3) is 2.42. The monoisotopic (exact) mass is 307 g/mol. The highest BCUT2D eigenvalue weighted by molar-refractivity contribution is 5.94. The van der Waals surface area contributed by atoms with Gasteiger partial charge in [0.05, 0.1) is 0 Å². The number of aromatic nitrogens is 2. The molecule has 1 aliphatic carbocycles. The van der Waals surface area contributed by atoms with Gasteiger partial charge in [0.1, 0.15) is 5.82 Å². The number of likely N-dealkylation sites (tertiary alicyclic amines) is 1. The maximum absolute atomic E-state index is 12.6. The van der Waals surface area contributed by atoms with Crippen LogP contribution in [-0.4, -0.2) is 33.9 Å². The molecule has 4 heteroatoms. The second-order valence-corrected chi connectivity index (χ2v) is 6.93. The van der Waals surface area contributed by atoms with Gasteiger partial charge >= 0.3 is 0 Å². The Morgan fingerprint density at radius 3 is 2.74 bits per heavy atom. The molecule has 2 heterocycles. The van der Waals surface area contributed by atoms with Crippen molar-refractivity contribution < 1.29 is 4.79 Å². The Bertz CT molecular complexity index is 742. The summed E-state index contributed by atoms with van der Waals surface area (Å²) in [6, 6.07) is 9.56. The Kier molecular flexibility index (Phi) is 3.40.